The number of thiazole rings is 1. The van der Waals surface area contributed by atoms with E-state index in [1.54, 1.807) is 12.4 Å². The van der Waals surface area contributed by atoms with Crippen LogP contribution in [-0.4, -0.2) is 21.0 Å². The van der Waals surface area contributed by atoms with Crippen LogP contribution in [0.1, 0.15) is 39.0 Å². The van der Waals surface area contributed by atoms with Crippen LogP contribution in [0, 0.1) is 0 Å². The summed E-state index contributed by atoms with van der Waals surface area (Å²) in [6.07, 6.45) is 7.80. The summed E-state index contributed by atoms with van der Waals surface area (Å²) < 4.78 is 5.28. The first-order valence-corrected chi connectivity index (χ1v) is 8.74. The summed E-state index contributed by atoms with van der Waals surface area (Å²) >= 11 is 1.50. The molecule has 1 aliphatic carbocycles. The molecule has 3 heterocycles. The standard InChI is InChI=1S/C17H16N4O2S/c22-16(17-20-13-5-1-2-6-15(13)24-17)19-10-12-8-14(21-23-12)11-4-3-7-18-9-11/h3-4,7-9H,1-2,5-6,10H2,(H,19,22). The second kappa shape index (κ2) is 6.52. The van der Waals surface area contributed by atoms with Gasteiger partial charge in [-0.3, -0.25) is 9.78 Å². The van der Waals surface area contributed by atoms with Crippen molar-refractivity contribution < 1.29 is 9.32 Å². The van der Waals surface area contributed by atoms with E-state index in [0.29, 0.717) is 16.5 Å². The number of fused-ring (bicyclic) bond motifs is 1. The molecule has 0 saturated carbocycles. The molecule has 1 aliphatic rings. The Kier molecular flexibility index (Phi) is 4.08. The highest BCUT2D eigenvalue weighted by Crippen LogP contribution is 2.26. The zero-order valence-electron chi connectivity index (χ0n) is 13.0. The number of nitrogens with zero attached hydrogens (tertiary/aromatic N) is 3. The molecule has 0 spiro atoms. The first-order valence-electron chi connectivity index (χ1n) is 7.92. The van der Waals surface area contributed by atoms with Crippen LogP contribution in [0.2, 0.25) is 0 Å². The Bertz CT molecular complexity index is 833. The maximum Gasteiger partial charge on any atom is 0.280 e. The zero-order chi connectivity index (χ0) is 16.4. The molecule has 122 valence electrons. The summed E-state index contributed by atoms with van der Waals surface area (Å²) in [5.41, 5.74) is 2.68. The van der Waals surface area contributed by atoms with Gasteiger partial charge in [0.1, 0.15) is 5.69 Å². The first-order chi connectivity index (χ1) is 11.8. The highest BCUT2D eigenvalue weighted by Gasteiger charge is 2.19. The van der Waals surface area contributed by atoms with Gasteiger partial charge >= 0.3 is 0 Å². The molecule has 6 nitrogen and oxygen atoms in total. The van der Waals surface area contributed by atoms with E-state index in [-0.39, 0.29) is 12.5 Å². The second-order valence-corrected chi connectivity index (χ2v) is 6.78. The average Bonchev–Trinajstić information content (AvgIpc) is 3.27. The van der Waals surface area contributed by atoms with E-state index in [0.717, 1.165) is 30.5 Å². The second-order valence-electron chi connectivity index (χ2n) is 5.70. The molecule has 0 fully saturated rings. The number of amides is 1. The number of hydrogen-bond donors (Lipinski definition) is 1. The fraction of sp³-hybridized carbons (Fsp3) is 0.294. The third-order valence-corrected chi connectivity index (χ3v) is 5.14. The lowest BCUT2D eigenvalue weighted by Gasteiger charge is -2.06. The number of carbonyl (C=O) groups is 1. The molecule has 24 heavy (non-hydrogen) atoms. The molecule has 0 atom stereocenters. The molecular weight excluding hydrogens is 324 g/mol. The van der Waals surface area contributed by atoms with Gasteiger partial charge in [-0.1, -0.05) is 5.16 Å². The monoisotopic (exact) mass is 340 g/mol. The molecule has 3 aromatic rings. The number of aromatic nitrogens is 3. The van der Waals surface area contributed by atoms with Gasteiger partial charge in [0.15, 0.2) is 10.8 Å². The van der Waals surface area contributed by atoms with Crippen molar-refractivity contribution in [3.63, 3.8) is 0 Å². The number of nitrogens with one attached hydrogen (secondary N) is 1. The lowest BCUT2D eigenvalue weighted by molar-refractivity contribution is 0.0946. The van der Waals surface area contributed by atoms with Crippen LogP contribution >= 0.6 is 11.3 Å². The fourth-order valence-corrected chi connectivity index (χ4v) is 3.80. The van der Waals surface area contributed by atoms with Gasteiger partial charge in [0.25, 0.3) is 5.91 Å². The van der Waals surface area contributed by atoms with Crippen molar-refractivity contribution in [3.8, 4) is 11.3 Å². The molecule has 1 amide bonds. The minimum Gasteiger partial charge on any atom is -0.359 e. The lowest BCUT2D eigenvalue weighted by atomic mass is 10.0. The van der Waals surface area contributed by atoms with Crippen molar-refractivity contribution in [3.05, 3.63) is 51.9 Å². The highest BCUT2D eigenvalue weighted by molar-refractivity contribution is 7.13. The fourth-order valence-electron chi connectivity index (χ4n) is 2.74. The van der Waals surface area contributed by atoms with Crippen molar-refractivity contribution in [2.75, 3.05) is 0 Å². The molecule has 7 heteroatoms. The molecule has 3 aromatic heterocycles. The lowest BCUT2D eigenvalue weighted by Crippen LogP contribution is -2.22. The number of hydrogen-bond acceptors (Lipinski definition) is 6. The third-order valence-electron chi connectivity index (χ3n) is 3.98. The molecule has 0 unspecified atom stereocenters. The van der Waals surface area contributed by atoms with Gasteiger partial charge in [-0.05, 0) is 37.8 Å². The summed E-state index contributed by atoms with van der Waals surface area (Å²) in [4.78, 5) is 22.1. The number of carbonyl (C=O) groups excluding carboxylic acids is 1. The zero-order valence-corrected chi connectivity index (χ0v) is 13.8. The maximum atomic E-state index is 12.3. The molecule has 1 N–H and O–H groups in total. The number of pyridine rings is 1. The molecule has 4 rings (SSSR count). The highest BCUT2D eigenvalue weighted by atomic mass is 32.1. The smallest absolute Gasteiger partial charge is 0.280 e. The van der Waals surface area contributed by atoms with Crippen molar-refractivity contribution in [1.82, 2.24) is 20.4 Å². The summed E-state index contributed by atoms with van der Waals surface area (Å²) in [6, 6.07) is 5.56. The van der Waals surface area contributed by atoms with Gasteiger partial charge < -0.3 is 9.84 Å². The summed E-state index contributed by atoms with van der Waals surface area (Å²) in [7, 11) is 0. The predicted molar refractivity (Wildman–Crippen MR) is 89.7 cm³/mol. The Labute approximate surface area is 142 Å². The Morgan fingerprint density at radius 1 is 1.33 bits per heavy atom. The van der Waals surface area contributed by atoms with Crippen molar-refractivity contribution in [2.45, 2.75) is 32.2 Å². The van der Waals surface area contributed by atoms with Crippen LogP contribution in [0.25, 0.3) is 11.3 Å². The minimum absolute atomic E-state index is 0.159. The van der Waals surface area contributed by atoms with E-state index >= 15 is 0 Å². The molecule has 0 aromatic carbocycles. The predicted octanol–water partition coefficient (Wildman–Crippen LogP) is 3.00. The van der Waals surface area contributed by atoms with E-state index in [2.05, 4.69) is 20.4 Å². The minimum atomic E-state index is -0.159. The normalized spacial score (nSPS) is 13.5. The summed E-state index contributed by atoms with van der Waals surface area (Å²) in [5, 5.41) is 7.40. The number of aryl methyl sites for hydroxylation is 2. The quantitative estimate of drug-likeness (QED) is 0.789. The van der Waals surface area contributed by atoms with Crippen LogP contribution in [0.15, 0.2) is 35.1 Å². The summed E-state index contributed by atoms with van der Waals surface area (Å²) in [5.74, 6) is 0.442. The van der Waals surface area contributed by atoms with E-state index in [1.807, 2.05) is 18.2 Å². The van der Waals surface area contributed by atoms with Gasteiger partial charge in [-0.2, -0.15) is 0 Å². The molecule has 0 bridgehead atoms. The SMILES string of the molecule is O=C(NCc1cc(-c2cccnc2)no1)c1nc2c(s1)CCCC2. The Hall–Kier alpha value is -2.54. The van der Waals surface area contributed by atoms with Gasteiger partial charge in [0.2, 0.25) is 0 Å². The van der Waals surface area contributed by atoms with Crippen LogP contribution in [0.3, 0.4) is 0 Å². The van der Waals surface area contributed by atoms with Crippen molar-refractivity contribution >= 4 is 17.2 Å². The van der Waals surface area contributed by atoms with E-state index < -0.39 is 0 Å². The number of rotatable bonds is 4. The van der Waals surface area contributed by atoms with Crippen molar-refractivity contribution in [2.24, 2.45) is 0 Å². The summed E-state index contributed by atoms with van der Waals surface area (Å²) in [6.45, 7) is 0.288. The third kappa shape index (κ3) is 3.07. The van der Waals surface area contributed by atoms with Crippen LogP contribution in [0.5, 0.6) is 0 Å². The first kappa shape index (κ1) is 15.0. The van der Waals surface area contributed by atoms with E-state index in [9.17, 15) is 4.79 Å². The van der Waals surface area contributed by atoms with E-state index in [4.69, 9.17) is 4.52 Å². The molecule has 0 radical (unpaired) electrons. The van der Waals surface area contributed by atoms with Crippen LogP contribution in [-0.2, 0) is 19.4 Å². The van der Waals surface area contributed by atoms with Gasteiger partial charge in [-0.25, -0.2) is 4.98 Å². The molecular formula is C17H16N4O2S. The topological polar surface area (TPSA) is 80.9 Å². The van der Waals surface area contributed by atoms with Crippen molar-refractivity contribution in [1.29, 1.82) is 0 Å². The largest absolute Gasteiger partial charge is 0.359 e. The average molecular weight is 340 g/mol. The van der Waals surface area contributed by atoms with Gasteiger partial charge in [0.05, 0.1) is 12.2 Å². The van der Waals surface area contributed by atoms with Crippen LogP contribution in [0.4, 0.5) is 0 Å². The van der Waals surface area contributed by atoms with Crippen LogP contribution < -0.4 is 5.32 Å². The van der Waals surface area contributed by atoms with E-state index in [1.165, 1.54) is 22.6 Å². The molecule has 0 saturated heterocycles. The van der Waals surface area contributed by atoms with Gasteiger partial charge in [-0.15, -0.1) is 11.3 Å². The Balaban J connectivity index is 1.41. The Morgan fingerprint density at radius 2 is 2.25 bits per heavy atom. The Morgan fingerprint density at radius 3 is 3.08 bits per heavy atom. The maximum absolute atomic E-state index is 12.3. The molecule has 0 aliphatic heterocycles. The van der Waals surface area contributed by atoms with Gasteiger partial charge in [0, 0.05) is 28.9 Å².